The number of amides is 3. The molecule has 5 rings (SSSR count). The number of aliphatic hydroxyl groups is 1. The van der Waals surface area contributed by atoms with Crippen molar-refractivity contribution < 1.29 is 19.4 Å². The van der Waals surface area contributed by atoms with E-state index < -0.39 is 24.1 Å². The molecule has 1 unspecified atom stereocenters. The second-order valence-electron chi connectivity index (χ2n) is 9.64. The summed E-state index contributed by atoms with van der Waals surface area (Å²) in [5.74, 6) is 0.466. The van der Waals surface area contributed by atoms with Crippen molar-refractivity contribution >= 4 is 46.1 Å². The van der Waals surface area contributed by atoms with Crippen LogP contribution < -0.4 is 15.4 Å². The van der Waals surface area contributed by atoms with Gasteiger partial charge in [0.15, 0.2) is 6.17 Å². The summed E-state index contributed by atoms with van der Waals surface area (Å²) < 4.78 is 6.41. The van der Waals surface area contributed by atoms with Gasteiger partial charge >= 0.3 is 6.03 Å². The molecule has 1 saturated heterocycles. The zero-order valence-corrected chi connectivity index (χ0v) is 25.1. The van der Waals surface area contributed by atoms with Crippen molar-refractivity contribution in [3.05, 3.63) is 105 Å². The van der Waals surface area contributed by atoms with Crippen molar-refractivity contribution in [1.82, 2.24) is 25.5 Å². The molecule has 3 aromatic carbocycles. The third kappa shape index (κ3) is 6.56. The number of aromatic amines is 1. The Hall–Kier alpha value is -3.45. The highest BCUT2D eigenvalue weighted by atomic mass is 127. The molecule has 2 heterocycles. The molecule has 0 saturated carbocycles. The zero-order valence-electron chi connectivity index (χ0n) is 22.2. The number of aromatic nitrogens is 2. The molecule has 1 aliphatic heterocycles. The van der Waals surface area contributed by atoms with E-state index in [0.717, 1.165) is 20.3 Å². The van der Waals surface area contributed by atoms with E-state index in [2.05, 4.69) is 43.2 Å². The van der Waals surface area contributed by atoms with E-state index >= 15 is 0 Å². The SMILES string of the molecule is C[C@@H](c1ccccc1)[C@@H](c1ncc(-c2ccc(I)cc2Cl)[nH]1)N1C(=O)NC(NCc2ccc(OCCO)cc2)C1=O. The fourth-order valence-corrected chi connectivity index (χ4v) is 5.79. The normalized spacial score (nSPS) is 16.5. The number of rotatable bonds is 11. The Morgan fingerprint density at radius 1 is 1.12 bits per heavy atom. The lowest BCUT2D eigenvalue weighted by molar-refractivity contribution is -0.130. The first-order valence-electron chi connectivity index (χ1n) is 13.1. The van der Waals surface area contributed by atoms with Crippen molar-refractivity contribution in [2.24, 2.45) is 0 Å². The Bertz CT molecular complexity index is 1520. The lowest BCUT2D eigenvalue weighted by Crippen LogP contribution is -2.43. The number of imide groups is 1. The monoisotopic (exact) mass is 685 g/mol. The number of carbonyl (C=O) groups excluding carboxylic acids is 2. The summed E-state index contributed by atoms with van der Waals surface area (Å²) in [6.45, 7) is 2.47. The third-order valence-corrected chi connectivity index (χ3v) is 7.92. The summed E-state index contributed by atoms with van der Waals surface area (Å²) >= 11 is 8.72. The molecule has 0 radical (unpaired) electrons. The highest BCUT2D eigenvalue weighted by molar-refractivity contribution is 14.1. The number of H-pyrrole nitrogens is 1. The first-order valence-corrected chi connectivity index (χ1v) is 14.6. The topological polar surface area (TPSA) is 120 Å². The number of nitrogens with zero attached hydrogens (tertiary/aromatic N) is 2. The van der Waals surface area contributed by atoms with Crippen molar-refractivity contribution in [2.75, 3.05) is 13.2 Å². The Morgan fingerprint density at radius 3 is 2.59 bits per heavy atom. The summed E-state index contributed by atoms with van der Waals surface area (Å²) in [7, 11) is 0. The van der Waals surface area contributed by atoms with Gasteiger partial charge in [-0.2, -0.15) is 0 Å². The van der Waals surface area contributed by atoms with Crippen LogP contribution in [0.4, 0.5) is 4.79 Å². The van der Waals surface area contributed by atoms with Gasteiger partial charge in [-0.3, -0.25) is 10.1 Å². The highest BCUT2D eigenvalue weighted by Gasteiger charge is 2.45. The minimum atomic E-state index is -0.904. The second kappa shape index (κ2) is 13.0. The van der Waals surface area contributed by atoms with Crippen molar-refractivity contribution in [3.8, 4) is 17.0 Å². The number of carbonyl (C=O) groups is 2. The first-order chi connectivity index (χ1) is 19.9. The lowest BCUT2D eigenvalue weighted by Gasteiger charge is -2.29. The van der Waals surface area contributed by atoms with Gasteiger partial charge in [-0.1, -0.05) is 67.1 Å². The van der Waals surface area contributed by atoms with E-state index in [-0.39, 0.29) is 19.1 Å². The van der Waals surface area contributed by atoms with Gasteiger partial charge in [0.2, 0.25) is 0 Å². The van der Waals surface area contributed by atoms with E-state index in [1.165, 1.54) is 4.90 Å². The minimum absolute atomic E-state index is 0.0636. The standard InChI is InChI=1S/C30H29ClIN5O4/c1-18(20-5-3-2-4-6-20)26(27-34-17-25(35-27)23-12-9-21(32)15-24(23)31)37-29(39)28(36-30(37)40)33-16-19-7-10-22(11-8-19)41-14-13-38/h2-12,15,17-18,26,28,33,38H,13-14,16H2,1H3,(H,34,35)(H,36,40)/t18-,26-,28?/m0/s1. The first kappa shape index (κ1) is 29.1. The molecule has 11 heteroatoms. The number of urea groups is 1. The number of benzene rings is 3. The molecule has 3 amide bonds. The lowest BCUT2D eigenvalue weighted by atomic mass is 9.91. The number of hydrogen-bond acceptors (Lipinski definition) is 6. The molecule has 1 aromatic heterocycles. The van der Waals surface area contributed by atoms with Crippen LogP contribution in [-0.4, -0.2) is 51.3 Å². The average molecular weight is 686 g/mol. The molecule has 4 N–H and O–H groups in total. The van der Waals surface area contributed by atoms with Crippen molar-refractivity contribution in [1.29, 1.82) is 0 Å². The number of aliphatic hydroxyl groups excluding tert-OH is 1. The van der Waals surface area contributed by atoms with Gasteiger partial charge in [0.05, 0.1) is 23.5 Å². The van der Waals surface area contributed by atoms with Crippen molar-refractivity contribution in [3.63, 3.8) is 0 Å². The van der Waals surface area contributed by atoms with Crippen LogP contribution in [0.5, 0.6) is 5.75 Å². The predicted octanol–water partition coefficient (Wildman–Crippen LogP) is 5.22. The fraction of sp³-hybridized carbons (Fsp3) is 0.233. The summed E-state index contributed by atoms with van der Waals surface area (Å²) in [6.07, 6.45) is 0.773. The number of halogens is 2. The second-order valence-corrected chi connectivity index (χ2v) is 11.3. The molecule has 41 heavy (non-hydrogen) atoms. The molecule has 1 aliphatic rings. The van der Waals surface area contributed by atoms with Crippen LogP contribution in [0.1, 0.15) is 35.8 Å². The van der Waals surface area contributed by atoms with Crippen LogP contribution in [0.15, 0.2) is 79.0 Å². The van der Waals surface area contributed by atoms with E-state index in [0.29, 0.717) is 28.8 Å². The van der Waals surface area contributed by atoms with Gasteiger partial charge in [0.25, 0.3) is 5.91 Å². The molecular weight excluding hydrogens is 657 g/mol. The molecule has 4 aromatic rings. The third-order valence-electron chi connectivity index (χ3n) is 6.94. The predicted molar refractivity (Wildman–Crippen MR) is 164 cm³/mol. The molecule has 1 fully saturated rings. The van der Waals surface area contributed by atoms with Gasteiger partial charge in [-0.25, -0.2) is 14.7 Å². The summed E-state index contributed by atoms with van der Waals surface area (Å²) in [6, 6.07) is 21.6. The molecule has 0 aliphatic carbocycles. The zero-order chi connectivity index (χ0) is 28.9. The van der Waals surface area contributed by atoms with E-state index in [4.69, 9.17) is 21.4 Å². The molecule has 9 nitrogen and oxygen atoms in total. The number of ether oxygens (including phenoxy) is 1. The molecule has 3 atom stereocenters. The summed E-state index contributed by atoms with van der Waals surface area (Å²) in [5.41, 5.74) is 3.34. The van der Waals surface area contributed by atoms with Gasteiger partial charge in [0.1, 0.15) is 24.2 Å². The summed E-state index contributed by atoms with van der Waals surface area (Å²) in [4.78, 5) is 36.2. The number of nitrogens with one attached hydrogen (secondary N) is 3. The summed E-state index contributed by atoms with van der Waals surface area (Å²) in [5, 5.41) is 15.4. The van der Waals surface area contributed by atoms with E-state index in [1.54, 1.807) is 18.3 Å². The molecule has 212 valence electrons. The van der Waals surface area contributed by atoms with Crippen LogP contribution >= 0.6 is 34.2 Å². The fourth-order valence-electron chi connectivity index (χ4n) is 4.84. The maximum absolute atomic E-state index is 13.7. The molecular formula is C30H29ClIN5O4. The smallest absolute Gasteiger partial charge is 0.326 e. The van der Waals surface area contributed by atoms with E-state index in [1.807, 2.05) is 67.6 Å². The largest absolute Gasteiger partial charge is 0.491 e. The van der Waals surface area contributed by atoms with Gasteiger partial charge < -0.3 is 20.1 Å². The maximum Gasteiger partial charge on any atom is 0.326 e. The Labute approximate surface area is 256 Å². The van der Waals surface area contributed by atoms with Crippen LogP contribution in [0.2, 0.25) is 5.02 Å². The van der Waals surface area contributed by atoms with Crippen LogP contribution in [-0.2, 0) is 11.3 Å². The van der Waals surface area contributed by atoms with Crippen molar-refractivity contribution in [2.45, 2.75) is 31.6 Å². The van der Waals surface area contributed by atoms with Crippen LogP contribution in [0.25, 0.3) is 11.3 Å². The van der Waals surface area contributed by atoms with Crippen LogP contribution in [0.3, 0.4) is 0 Å². The molecule has 0 bridgehead atoms. The Balaban J connectivity index is 1.39. The number of hydrogen-bond donors (Lipinski definition) is 4. The van der Waals surface area contributed by atoms with Gasteiger partial charge in [-0.15, -0.1) is 0 Å². The maximum atomic E-state index is 13.7. The van der Waals surface area contributed by atoms with Gasteiger partial charge in [0, 0.05) is 21.6 Å². The van der Waals surface area contributed by atoms with Gasteiger partial charge in [-0.05, 0) is 58.0 Å². The van der Waals surface area contributed by atoms with E-state index in [9.17, 15) is 9.59 Å². The quantitative estimate of drug-likeness (QED) is 0.127. The van der Waals surface area contributed by atoms with Crippen LogP contribution in [0, 0.1) is 3.57 Å². The molecule has 0 spiro atoms. The minimum Gasteiger partial charge on any atom is -0.491 e. The number of imidazole rings is 1. The Morgan fingerprint density at radius 2 is 1.88 bits per heavy atom. The average Bonchev–Trinajstić information content (AvgIpc) is 3.56. The highest BCUT2D eigenvalue weighted by Crippen LogP contribution is 2.38. The Kier molecular flexibility index (Phi) is 9.23.